The Hall–Kier alpha value is -1.30. The van der Waals surface area contributed by atoms with E-state index in [1.165, 1.54) is 0 Å². The second-order valence-electron chi connectivity index (χ2n) is 2.95. The van der Waals surface area contributed by atoms with Crippen molar-refractivity contribution in [3.63, 3.8) is 0 Å². The van der Waals surface area contributed by atoms with Crippen LogP contribution in [0.5, 0.6) is 0 Å². The van der Waals surface area contributed by atoms with Gasteiger partial charge >= 0.3 is 0 Å². The summed E-state index contributed by atoms with van der Waals surface area (Å²) < 4.78 is 0. The SMILES string of the molecule is C#Cc1ccc([C@H](O)C(C)O)cc1. The zero-order chi connectivity index (χ0) is 9.84. The van der Waals surface area contributed by atoms with E-state index in [1.54, 1.807) is 31.2 Å². The number of aliphatic hydroxyl groups is 2. The molecule has 0 radical (unpaired) electrons. The van der Waals surface area contributed by atoms with E-state index in [0.29, 0.717) is 5.56 Å². The van der Waals surface area contributed by atoms with Crippen LogP contribution in [0.3, 0.4) is 0 Å². The molecule has 13 heavy (non-hydrogen) atoms. The summed E-state index contributed by atoms with van der Waals surface area (Å²) in [5.41, 5.74) is 1.44. The molecule has 1 aromatic carbocycles. The third-order valence-corrected chi connectivity index (χ3v) is 1.88. The largest absolute Gasteiger partial charge is 0.390 e. The normalized spacial score (nSPS) is 14.6. The number of benzene rings is 1. The van der Waals surface area contributed by atoms with Crippen LogP contribution in [0.4, 0.5) is 0 Å². The number of aliphatic hydroxyl groups excluding tert-OH is 2. The summed E-state index contributed by atoms with van der Waals surface area (Å²) in [6, 6.07) is 6.90. The van der Waals surface area contributed by atoms with Gasteiger partial charge in [-0.15, -0.1) is 6.42 Å². The average Bonchev–Trinajstić information content (AvgIpc) is 2.17. The van der Waals surface area contributed by atoms with Gasteiger partial charge in [-0.2, -0.15) is 0 Å². The molecule has 0 saturated heterocycles. The first kappa shape index (κ1) is 9.79. The Bertz CT molecular complexity index is 306. The fraction of sp³-hybridized carbons (Fsp3) is 0.273. The lowest BCUT2D eigenvalue weighted by Gasteiger charge is -2.13. The molecule has 0 aliphatic carbocycles. The molecule has 1 aromatic rings. The molecular weight excluding hydrogens is 164 g/mol. The molecule has 2 atom stereocenters. The van der Waals surface area contributed by atoms with E-state index in [4.69, 9.17) is 11.5 Å². The summed E-state index contributed by atoms with van der Waals surface area (Å²) in [6.07, 6.45) is 3.57. The maximum atomic E-state index is 9.46. The first-order chi connectivity index (χ1) is 6.15. The van der Waals surface area contributed by atoms with Crippen molar-refractivity contribution in [2.45, 2.75) is 19.1 Å². The maximum Gasteiger partial charge on any atom is 0.105 e. The van der Waals surface area contributed by atoms with Gasteiger partial charge in [0.1, 0.15) is 6.10 Å². The Balaban J connectivity index is 2.87. The van der Waals surface area contributed by atoms with Gasteiger partial charge in [-0.25, -0.2) is 0 Å². The van der Waals surface area contributed by atoms with E-state index < -0.39 is 12.2 Å². The molecule has 0 saturated carbocycles. The van der Waals surface area contributed by atoms with Crippen molar-refractivity contribution in [2.24, 2.45) is 0 Å². The second kappa shape index (κ2) is 4.08. The van der Waals surface area contributed by atoms with Gasteiger partial charge in [0.25, 0.3) is 0 Å². The summed E-state index contributed by atoms with van der Waals surface area (Å²) in [4.78, 5) is 0. The van der Waals surface area contributed by atoms with E-state index >= 15 is 0 Å². The average molecular weight is 176 g/mol. The standard InChI is InChI=1S/C11H12O2/c1-3-9-4-6-10(7-5-9)11(13)8(2)12/h1,4-8,11-13H,2H3/t8?,11-/m1/s1. The molecular formula is C11H12O2. The molecule has 68 valence electrons. The first-order valence-electron chi connectivity index (χ1n) is 4.08. The molecule has 2 heteroatoms. The van der Waals surface area contributed by atoms with Gasteiger partial charge < -0.3 is 10.2 Å². The van der Waals surface area contributed by atoms with Crippen molar-refractivity contribution in [1.29, 1.82) is 0 Å². The van der Waals surface area contributed by atoms with E-state index in [1.807, 2.05) is 0 Å². The molecule has 0 heterocycles. The molecule has 0 aromatic heterocycles. The first-order valence-corrected chi connectivity index (χ1v) is 4.08. The molecule has 0 aliphatic rings. The van der Waals surface area contributed by atoms with Gasteiger partial charge in [-0.05, 0) is 24.6 Å². The van der Waals surface area contributed by atoms with Crippen molar-refractivity contribution in [3.05, 3.63) is 35.4 Å². The van der Waals surface area contributed by atoms with E-state index in [2.05, 4.69) is 5.92 Å². The molecule has 0 amide bonds. The minimum Gasteiger partial charge on any atom is -0.390 e. The Kier molecular flexibility index (Phi) is 3.07. The van der Waals surface area contributed by atoms with Gasteiger partial charge in [0, 0.05) is 5.56 Å². The summed E-state index contributed by atoms with van der Waals surface area (Å²) in [5.74, 6) is 2.48. The van der Waals surface area contributed by atoms with Crippen LogP contribution in [0.1, 0.15) is 24.2 Å². The minimum atomic E-state index is -0.841. The molecule has 0 spiro atoms. The number of terminal acetylenes is 1. The minimum absolute atomic E-state index is 0.675. The fourth-order valence-corrected chi connectivity index (χ4v) is 1.06. The van der Waals surface area contributed by atoms with Gasteiger partial charge in [-0.1, -0.05) is 18.1 Å². The topological polar surface area (TPSA) is 40.5 Å². The molecule has 1 unspecified atom stereocenters. The van der Waals surface area contributed by atoms with E-state index in [-0.39, 0.29) is 0 Å². The van der Waals surface area contributed by atoms with Gasteiger partial charge in [0.15, 0.2) is 0 Å². The summed E-state index contributed by atoms with van der Waals surface area (Å²) in [6.45, 7) is 1.54. The van der Waals surface area contributed by atoms with Crippen LogP contribution < -0.4 is 0 Å². The number of hydrogen-bond acceptors (Lipinski definition) is 2. The van der Waals surface area contributed by atoms with Crippen LogP contribution in [-0.4, -0.2) is 16.3 Å². The van der Waals surface area contributed by atoms with Crippen molar-refractivity contribution in [1.82, 2.24) is 0 Å². The highest BCUT2D eigenvalue weighted by molar-refractivity contribution is 5.34. The van der Waals surface area contributed by atoms with Crippen molar-refractivity contribution in [3.8, 4) is 12.3 Å². The third-order valence-electron chi connectivity index (χ3n) is 1.88. The lowest BCUT2D eigenvalue weighted by atomic mass is 10.0. The maximum absolute atomic E-state index is 9.46. The third kappa shape index (κ3) is 2.32. The summed E-state index contributed by atoms with van der Waals surface area (Å²) in [7, 11) is 0. The second-order valence-corrected chi connectivity index (χ2v) is 2.95. The van der Waals surface area contributed by atoms with E-state index in [0.717, 1.165) is 5.56 Å². The van der Waals surface area contributed by atoms with Crippen molar-refractivity contribution >= 4 is 0 Å². The number of rotatable bonds is 2. The summed E-state index contributed by atoms with van der Waals surface area (Å²) in [5, 5.41) is 18.6. The van der Waals surface area contributed by atoms with Gasteiger partial charge in [0.2, 0.25) is 0 Å². The van der Waals surface area contributed by atoms with Crippen LogP contribution in [-0.2, 0) is 0 Å². The van der Waals surface area contributed by atoms with Crippen LogP contribution in [0.25, 0.3) is 0 Å². The zero-order valence-corrected chi connectivity index (χ0v) is 7.44. The molecule has 2 N–H and O–H groups in total. The Morgan fingerprint density at radius 3 is 2.15 bits per heavy atom. The molecule has 0 fully saturated rings. The van der Waals surface area contributed by atoms with Crippen LogP contribution in [0.15, 0.2) is 24.3 Å². The Morgan fingerprint density at radius 1 is 1.23 bits per heavy atom. The van der Waals surface area contributed by atoms with Gasteiger partial charge in [-0.3, -0.25) is 0 Å². The van der Waals surface area contributed by atoms with E-state index in [9.17, 15) is 5.11 Å². The number of hydrogen-bond donors (Lipinski definition) is 2. The highest BCUT2D eigenvalue weighted by Crippen LogP contribution is 2.16. The lowest BCUT2D eigenvalue weighted by Crippen LogP contribution is -2.13. The van der Waals surface area contributed by atoms with Crippen LogP contribution in [0, 0.1) is 12.3 Å². The quantitative estimate of drug-likeness (QED) is 0.662. The van der Waals surface area contributed by atoms with Crippen molar-refractivity contribution < 1.29 is 10.2 Å². The molecule has 0 aliphatic heterocycles. The summed E-state index contributed by atoms with van der Waals surface area (Å²) >= 11 is 0. The van der Waals surface area contributed by atoms with Crippen LogP contribution in [0.2, 0.25) is 0 Å². The Morgan fingerprint density at radius 2 is 1.77 bits per heavy atom. The van der Waals surface area contributed by atoms with Gasteiger partial charge in [0.05, 0.1) is 6.10 Å². The highest BCUT2D eigenvalue weighted by Gasteiger charge is 2.12. The smallest absolute Gasteiger partial charge is 0.105 e. The molecule has 2 nitrogen and oxygen atoms in total. The highest BCUT2D eigenvalue weighted by atomic mass is 16.3. The predicted octanol–water partition coefficient (Wildman–Crippen LogP) is 1.08. The van der Waals surface area contributed by atoms with Crippen LogP contribution >= 0.6 is 0 Å². The zero-order valence-electron chi connectivity index (χ0n) is 7.44. The van der Waals surface area contributed by atoms with Crippen molar-refractivity contribution in [2.75, 3.05) is 0 Å². The fourth-order valence-electron chi connectivity index (χ4n) is 1.06. The molecule has 0 bridgehead atoms. The predicted molar refractivity (Wildman–Crippen MR) is 51.0 cm³/mol. The molecule has 1 rings (SSSR count). The lowest BCUT2D eigenvalue weighted by molar-refractivity contribution is 0.0305. The Labute approximate surface area is 77.8 Å². The monoisotopic (exact) mass is 176 g/mol.